The molecule has 4 aromatic rings. The Bertz CT molecular complexity index is 1370. The molecular weight excluding hydrogens is 450 g/mol. The number of anilines is 2. The Hall–Kier alpha value is -4.16. The molecule has 1 aliphatic rings. The first kappa shape index (κ1) is 23.6. The number of nitrogens with zero attached hydrogens (tertiary/aromatic N) is 2. The van der Waals surface area contributed by atoms with Gasteiger partial charge in [-0.15, -0.1) is 0 Å². The van der Waals surface area contributed by atoms with Crippen molar-refractivity contribution in [1.82, 2.24) is 0 Å². The van der Waals surface area contributed by atoms with Gasteiger partial charge in [0, 0.05) is 37.0 Å². The lowest BCUT2D eigenvalue weighted by atomic mass is 9.77. The van der Waals surface area contributed by atoms with Crippen LogP contribution in [-0.2, 0) is 10.3 Å². The predicted octanol–water partition coefficient (Wildman–Crippen LogP) is 6.71. The quantitative estimate of drug-likeness (QED) is 0.254. The number of nitro groups is 1. The lowest BCUT2D eigenvalue weighted by Gasteiger charge is -2.44. The van der Waals surface area contributed by atoms with Gasteiger partial charge in [-0.3, -0.25) is 10.1 Å². The van der Waals surface area contributed by atoms with Gasteiger partial charge in [0.25, 0.3) is 5.69 Å². The molecule has 0 radical (unpaired) electrons. The second-order valence-corrected chi connectivity index (χ2v) is 9.50. The van der Waals surface area contributed by atoms with Crippen LogP contribution in [0.2, 0.25) is 0 Å². The lowest BCUT2D eigenvalue weighted by molar-refractivity contribution is -0.384. The van der Waals surface area contributed by atoms with E-state index in [0.29, 0.717) is 11.3 Å². The van der Waals surface area contributed by atoms with Crippen molar-refractivity contribution >= 4 is 17.1 Å². The number of para-hydroxylation sites is 1. The molecule has 0 bridgehead atoms. The first-order valence-corrected chi connectivity index (χ1v) is 11.9. The van der Waals surface area contributed by atoms with Gasteiger partial charge in [0.05, 0.1) is 4.92 Å². The van der Waals surface area contributed by atoms with Crippen molar-refractivity contribution in [1.29, 1.82) is 0 Å². The third-order valence-electron chi connectivity index (χ3n) is 6.78. The molecule has 0 aromatic heterocycles. The zero-order valence-electron chi connectivity index (χ0n) is 20.9. The zero-order valence-corrected chi connectivity index (χ0v) is 20.9. The van der Waals surface area contributed by atoms with Crippen molar-refractivity contribution < 1.29 is 9.66 Å². The van der Waals surface area contributed by atoms with Crippen LogP contribution in [0.3, 0.4) is 0 Å². The topological polar surface area (TPSA) is 67.6 Å². The van der Waals surface area contributed by atoms with E-state index in [1.165, 1.54) is 0 Å². The van der Waals surface area contributed by atoms with E-state index in [9.17, 15) is 10.1 Å². The standard InChI is InChI=1S/C30H29N3O3/c1-20-9-14-23(15-10-20)30(24-16-11-21(2)12-17-24)25-7-5-6-8-26(25)31-29(36-30)22-13-18-27(32(3)4)28(19-22)33(34)35/h5-19,29,31H,1-4H3/t29-/m0/s1. The van der Waals surface area contributed by atoms with Crippen LogP contribution in [0.4, 0.5) is 17.1 Å². The Morgan fingerprint density at radius 1 is 0.861 bits per heavy atom. The first-order valence-electron chi connectivity index (χ1n) is 11.9. The summed E-state index contributed by atoms with van der Waals surface area (Å²) in [4.78, 5) is 13.3. The Morgan fingerprint density at radius 2 is 1.44 bits per heavy atom. The summed E-state index contributed by atoms with van der Waals surface area (Å²) in [5.74, 6) is 0. The van der Waals surface area contributed by atoms with Crippen LogP contribution >= 0.6 is 0 Å². The van der Waals surface area contributed by atoms with Gasteiger partial charge in [-0.1, -0.05) is 83.9 Å². The highest BCUT2D eigenvalue weighted by atomic mass is 16.6. The minimum atomic E-state index is -0.914. The monoisotopic (exact) mass is 479 g/mol. The van der Waals surface area contributed by atoms with E-state index in [4.69, 9.17) is 4.74 Å². The van der Waals surface area contributed by atoms with E-state index in [2.05, 4.69) is 73.8 Å². The molecule has 4 aromatic carbocycles. The van der Waals surface area contributed by atoms with Crippen LogP contribution < -0.4 is 10.2 Å². The van der Waals surface area contributed by atoms with Crippen LogP contribution in [0.1, 0.15) is 39.6 Å². The van der Waals surface area contributed by atoms with E-state index in [1.54, 1.807) is 31.1 Å². The third-order valence-corrected chi connectivity index (χ3v) is 6.78. The molecule has 1 atom stereocenters. The average molecular weight is 480 g/mol. The molecule has 182 valence electrons. The maximum atomic E-state index is 11.9. The van der Waals surface area contributed by atoms with Crippen LogP contribution in [-0.4, -0.2) is 19.0 Å². The summed E-state index contributed by atoms with van der Waals surface area (Å²) in [6, 6.07) is 30.2. The summed E-state index contributed by atoms with van der Waals surface area (Å²) in [7, 11) is 3.60. The van der Waals surface area contributed by atoms with Crippen molar-refractivity contribution in [2.45, 2.75) is 25.7 Å². The molecule has 1 aliphatic heterocycles. The number of benzene rings is 4. The number of fused-ring (bicyclic) bond motifs is 1. The second kappa shape index (κ2) is 9.13. The van der Waals surface area contributed by atoms with Crippen molar-refractivity contribution in [3.63, 3.8) is 0 Å². The number of rotatable bonds is 5. The molecule has 1 heterocycles. The average Bonchev–Trinajstić information content (AvgIpc) is 2.88. The molecule has 0 aliphatic carbocycles. The summed E-state index contributed by atoms with van der Waals surface area (Å²) < 4.78 is 7.03. The summed E-state index contributed by atoms with van der Waals surface area (Å²) in [6.07, 6.45) is -0.614. The lowest BCUT2D eigenvalue weighted by Crippen LogP contribution is -2.40. The normalized spacial score (nSPS) is 16.1. The Morgan fingerprint density at radius 3 is 2.00 bits per heavy atom. The fourth-order valence-electron chi connectivity index (χ4n) is 4.90. The van der Waals surface area contributed by atoms with E-state index in [-0.39, 0.29) is 10.6 Å². The van der Waals surface area contributed by atoms with Gasteiger partial charge in [0.15, 0.2) is 6.23 Å². The maximum absolute atomic E-state index is 11.9. The molecule has 0 spiro atoms. The predicted molar refractivity (Wildman–Crippen MR) is 144 cm³/mol. The Kier molecular flexibility index (Phi) is 5.98. The molecule has 6 nitrogen and oxygen atoms in total. The van der Waals surface area contributed by atoms with Gasteiger partial charge >= 0.3 is 0 Å². The smallest absolute Gasteiger partial charge is 0.292 e. The largest absolute Gasteiger partial charge is 0.372 e. The minimum absolute atomic E-state index is 0.0398. The Balaban J connectivity index is 1.74. The number of nitrogens with one attached hydrogen (secondary N) is 1. The number of hydrogen-bond acceptors (Lipinski definition) is 5. The molecule has 0 saturated carbocycles. The van der Waals surface area contributed by atoms with Crippen LogP contribution in [0.25, 0.3) is 0 Å². The maximum Gasteiger partial charge on any atom is 0.292 e. The number of hydrogen-bond donors (Lipinski definition) is 1. The highest BCUT2D eigenvalue weighted by molar-refractivity contribution is 5.67. The van der Waals surface area contributed by atoms with E-state index in [0.717, 1.165) is 33.5 Å². The molecule has 0 fully saturated rings. The second-order valence-electron chi connectivity index (χ2n) is 9.50. The van der Waals surface area contributed by atoms with Gasteiger partial charge in [0.2, 0.25) is 0 Å². The fourth-order valence-corrected chi connectivity index (χ4v) is 4.90. The Labute approximate surface area is 211 Å². The molecule has 0 unspecified atom stereocenters. The summed E-state index contributed by atoms with van der Waals surface area (Å²) in [6.45, 7) is 4.13. The fraction of sp³-hybridized carbons (Fsp3) is 0.200. The molecule has 0 saturated heterocycles. The van der Waals surface area contributed by atoms with Gasteiger partial charge in [-0.25, -0.2) is 0 Å². The molecule has 1 N–H and O–H groups in total. The number of aryl methyl sites for hydroxylation is 2. The van der Waals surface area contributed by atoms with Gasteiger partial charge < -0.3 is 15.0 Å². The van der Waals surface area contributed by atoms with Crippen LogP contribution in [0.5, 0.6) is 0 Å². The highest BCUT2D eigenvalue weighted by Crippen LogP contribution is 2.50. The van der Waals surface area contributed by atoms with Crippen molar-refractivity contribution in [3.05, 3.63) is 134 Å². The summed E-state index contributed by atoms with van der Waals surface area (Å²) >= 11 is 0. The van der Waals surface area contributed by atoms with E-state index in [1.807, 2.05) is 24.3 Å². The number of nitro benzene ring substituents is 1. The highest BCUT2D eigenvalue weighted by Gasteiger charge is 2.45. The van der Waals surface area contributed by atoms with Crippen molar-refractivity contribution in [2.75, 3.05) is 24.3 Å². The summed E-state index contributed by atoms with van der Waals surface area (Å²) in [5, 5.41) is 15.4. The summed E-state index contributed by atoms with van der Waals surface area (Å²) in [5.41, 5.74) is 6.58. The van der Waals surface area contributed by atoms with Gasteiger partial charge in [0.1, 0.15) is 11.3 Å². The molecule has 6 heteroatoms. The van der Waals surface area contributed by atoms with Crippen LogP contribution in [0, 0.1) is 24.0 Å². The number of ether oxygens (including phenoxy) is 1. The van der Waals surface area contributed by atoms with Crippen molar-refractivity contribution in [3.8, 4) is 0 Å². The van der Waals surface area contributed by atoms with Crippen LogP contribution in [0.15, 0.2) is 91.0 Å². The minimum Gasteiger partial charge on any atom is -0.372 e. The van der Waals surface area contributed by atoms with E-state index >= 15 is 0 Å². The first-order chi connectivity index (χ1) is 17.3. The third kappa shape index (κ3) is 3.99. The van der Waals surface area contributed by atoms with E-state index < -0.39 is 11.8 Å². The van der Waals surface area contributed by atoms with Crippen molar-refractivity contribution in [2.24, 2.45) is 0 Å². The molecule has 36 heavy (non-hydrogen) atoms. The van der Waals surface area contributed by atoms with Gasteiger partial charge in [-0.2, -0.15) is 0 Å². The SMILES string of the molecule is Cc1ccc(C2(c3ccc(C)cc3)O[C@@H](c3ccc(N(C)C)c([N+](=O)[O-])c3)Nc3ccccc32)cc1. The molecule has 0 amide bonds. The zero-order chi connectivity index (χ0) is 25.4. The molecular formula is C30H29N3O3. The van der Waals surface area contributed by atoms with Gasteiger partial charge in [-0.05, 0) is 37.1 Å². The molecule has 5 rings (SSSR count).